The summed E-state index contributed by atoms with van der Waals surface area (Å²) in [5.74, 6) is -0.323. The molecule has 0 radical (unpaired) electrons. The van der Waals surface area contributed by atoms with Crippen LogP contribution in [0.4, 0.5) is 4.39 Å². The summed E-state index contributed by atoms with van der Waals surface area (Å²) in [5, 5.41) is 9.99. The van der Waals surface area contributed by atoms with Crippen LogP contribution < -0.4 is 0 Å². The van der Waals surface area contributed by atoms with Crippen molar-refractivity contribution in [3.05, 3.63) is 83.9 Å². The van der Waals surface area contributed by atoms with Gasteiger partial charge in [-0.25, -0.2) is 4.39 Å². The Labute approximate surface area is 128 Å². The summed E-state index contributed by atoms with van der Waals surface area (Å²) in [6.45, 7) is 0. The number of halogens is 1. The van der Waals surface area contributed by atoms with E-state index in [0.717, 1.165) is 16.8 Å². The van der Waals surface area contributed by atoms with Crippen molar-refractivity contribution in [3.63, 3.8) is 0 Å². The Morgan fingerprint density at radius 3 is 2.50 bits per heavy atom. The topological polar surface area (TPSA) is 33.1 Å². The molecular weight excluding hydrogens is 277 g/mol. The fourth-order valence-corrected chi connectivity index (χ4v) is 2.26. The first-order valence-corrected chi connectivity index (χ1v) is 6.91. The second kappa shape index (κ2) is 6.22. The van der Waals surface area contributed by atoms with E-state index in [1.807, 2.05) is 54.6 Å². The van der Waals surface area contributed by atoms with E-state index in [-0.39, 0.29) is 11.6 Å². The van der Waals surface area contributed by atoms with Gasteiger partial charge in [0.2, 0.25) is 0 Å². The standard InChI is InChI=1S/C19H14FNO/c20-15-9-11-19(22)18(13-15)17-7-2-1-5-14(17)8-10-16-6-3-4-12-21-16/h1-13,22H. The molecule has 0 unspecified atom stereocenters. The Bertz CT molecular complexity index is 813. The number of phenolic OH excluding ortho intramolecular Hbond substituents is 1. The van der Waals surface area contributed by atoms with Crippen molar-refractivity contribution in [3.8, 4) is 16.9 Å². The monoisotopic (exact) mass is 291 g/mol. The molecule has 0 saturated heterocycles. The van der Waals surface area contributed by atoms with Gasteiger partial charge in [0.15, 0.2) is 0 Å². The number of pyridine rings is 1. The van der Waals surface area contributed by atoms with Crippen molar-refractivity contribution in [2.45, 2.75) is 0 Å². The number of rotatable bonds is 3. The zero-order valence-corrected chi connectivity index (χ0v) is 11.8. The molecule has 0 saturated carbocycles. The molecule has 3 rings (SSSR count). The molecule has 1 heterocycles. The lowest BCUT2D eigenvalue weighted by Crippen LogP contribution is -1.86. The number of aromatic hydroxyl groups is 1. The molecule has 108 valence electrons. The third kappa shape index (κ3) is 3.04. The highest BCUT2D eigenvalue weighted by Gasteiger charge is 2.08. The van der Waals surface area contributed by atoms with Crippen LogP contribution in [0.5, 0.6) is 5.75 Å². The SMILES string of the molecule is Oc1ccc(F)cc1-c1ccccc1C=Cc1ccccn1. The predicted octanol–water partition coefficient (Wildman–Crippen LogP) is 4.76. The van der Waals surface area contributed by atoms with Gasteiger partial charge in [-0.2, -0.15) is 0 Å². The molecule has 1 N–H and O–H groups in total. The molecule has 0 spiro atoms. The second-order valence-electron chi connectivity index (χ2n) is 4.84. The van der Waals surface area contributed by atoms with E-state index in [1.54, 1.807) is 6.20 Å². The van der Waals surface area contributed by atoms with Crippen LogP contribution in [0.2, 0.25) is 0 Å². The molecule has 1 aromatic heterocycles. The lowest BCUT2D eigenvalue weighted by molar-refractivity contribution is 0.475. The maximum atomic E-state index is 13.5. The minimum atomic E-state index is -0.378. The van der Waals surface area contributed by atoms with E-state index in [2.05, 4.69) is 4.98 Å². The van der Waals surface area contributed by atoms with Crippen molar-refractivity contribution < 1.29 is 9.50 Å². The molecule has 0 aliphatic heterocycles. The average Bonchev–Trinajstić information content (AvgIpc) is 2.56. The molecular formula is C19H14FNO. The van der Waals surface area contributed by atoms with Crippen LogP contribution in [0, 0.1) is 5.82 Å². The Hall–Kier alpha value is -2.94. The second-order valence-corrected chi connectivity index (χ2v) is 4.84. The number of nitrogens with zero attached hydrogens (tertiary/aromatic N) is 1. The Balaban J connectivity index is 2.04. The number of benzene rings is 2. The van der Waals surface area contributed by atoms with E-state index in [9.17, 15) is 9.50 Å². The van der Waals surface area contributed by atoms with Crippen LogP contribution in [0.1, 0.15) is 11.3 Å². The zero-order valence-electron chi connectivity index (χ0n) is 11.8. The van der Waals surface area contributed by atoms with Crippen LogP contribution in [0.25, 0.3) is 23.3 Å². The quantitative estimate of drug-likeness (QED) is 0.754. The summed E-state index contributed by atoms with van der Waals surface area (Å²) >= 11 is 0. The highest BCUT2D eigenvalue weighted by molar-refractivity contribution is 5.82. The van der Waals surface area contributed by atoms with E-state index < -0.39 is 0 Å². The van der Waals surface area contributed by atoms with Gasteiger partial charge < -0.3 is 5.11 Å². The van der Waals surface area contributed by atoms with Crippen LogP contribution >= 0.6 is 0 Å². The van der Waals surface area contributed by atoms with Crippen molar-refractivity contribution in [1.82, 2.24) is 4.98 Å². The summed E-state index contributed by atoms with van der Waals surface area (Å²) in [4.78, 5) is 4.23. The molecule has 0 atom stereocenters. The maximum Gasteiger partial charge on any atom is 0.124 e. The Morgan fingerprint density at radius 2 is 1.68 bits per heavy atom. The summed E-state index contributed by atoms with van der Waals surface area (Å²) in [5.41, 5.74) is 2.96. The van der Waals surface area contributed by atoms with Gasteiger partial charge >= 0.3 is 0 Å². The summed E-state index contributed by atoms with van der Waals surface area (Å²) < 4.78 is 13.5. The van der Waals surface area contributed by atoms with E-state index in [1.165, 1.54) is 18.2 Å². The molecule has 0 amide bonds. The van der Waals surface area contributed by atoms with Gasteiger partial charge in [0.1, 0.15) is 11.6 Å². The molecule has 2 nitrogen and oxygen atoms in total. The minimum Gasteiger partial charge on any atom is -0.507 e. The molecule has 0 aliphatic carbocycles. The normalized spacial score (nSPS) is 11.0. The van der Waals surface area contributed by atoms with E-state index in [0.29, 0.717) is 5.56 Å². The zero-order chi connectivity index (χ0) is 15.4. The van der Waals surface area contributed by atoms with Crippen LogP contribution in [0.15, 0.2) is 66.9 Å². The molecule has 22 heavy (non-hydrogen) atoms. The summed E-state index contributed by atoms with van der Waals surface area (Å²) in [7, 11) is 0. The fraction of sp³-hybridized carbons (Fsp3) is 0. The van der Waals surface area contributed by atoms with Crippen molar-refractivity contribution in [1.29, 1.82) is 0 Å². The first-order chi connectivity index (χ1) is 10.7. The van der Waals surface area contributed by atoms with E-state index >= 15 is 0 Å². The van der Waals surface area contributed by atoms with Crippen LogP contribution in [-0.4, -0.2) is 10.1 Å². The number of hydrogen-bond acceptors (Lipinski definition) is 2. The van der Waals surface area contributed by atoms with Crippen molar-refractivity contribution >= 4 is 12.2 Å². The largest absolute Gasteiger partial charge is 0.507 e. The molecule has 2 aromatic carbocycles. The van der Waals surface area contributed by atoms with Gasteiger partial charge in [0.25, 0.3) is 0 Å². The Morgan fingerprint density at radius 1 is 0.864 bits per heavy atom. The van der Waals surface area contributed by atoms with Gasteiger partial charge in [0.05, 0.1) is 5.69 Å². The van der Waals surface area contributed by atoms with Crippen LogP contribution in [-0.2, 0) is 0 Å². The van der Waals surface area contributed by atoms with Gasteiger partial charge in [-0.05, 0) is 47.5 Å². The summed E-state index contributed by atoms with van der Waals surface area (Å²) in [6, 6.07) is 17.1. The molecule has 3 aromatic rings. The van der Waals surface area contributed by atoms with Crippen LogP contribution in [0.3, 0.4) is 0 Å². The van der Waals surface area contributed by atoms with Gasteiger partial charge in [-0.1, -0.05) is 36.4 Å². The first kappa shape index (κ1) is 14.0. The maximum absolute atomic E-state index is 13.5. The predicted molar refractivity (Wildman–Crippen MR) is 86.7 cm³/mol. The number of phenols is 1. The minimum absolute atomic E-state index is 0.0556. The van der Waals surface area contributed by atoms with Crippen molar-refractivity contribution in [2.24, 2.45) is 0 Å². The lowest BCUT2D eigenvalue weighted by Gasteiger charge is -2.08. The molecule has 0 aliphatic rings. The van der Waals surface area contributed by atoms with Gasteiger partial charge in [0, 0.05) is 11.8 Å². The third-order valence-corrected chi connectivity index (χ3v) is 3.33. The van der Waals surface area contributed by atoms with Gasteiger partial charge in [-0.3, -0.25) is 4.98 Å². The average molecular weight is 291 g/mol. The third-order valence-electron chi connectivity index (χ3n) is 3.33. The number of hydrogen-bond donors (Lipinski definition) is 1. The van der Waals surface area contributed by atoms with E-state index in [4.69, 9.17) is 0 Å². The highest BCUT2D eigenvalue weighted by Crippen LogP contribution is 2.32. The fourth-order valence-electron chi connectivity index (χ4n) is 2.26. The molecule has 3 heteroatoms. The Kier molecular flexibility index (Phi) is 3.97. The summed E-state index contributed by atoms with van der Waals surface area (Å²) in [6.07, 6.45) is 5.52. The molecule has 0 fully saturated rings. The van der Waals surface area contributed by atoms with Gasteiger partial charge in [-0.15, -0.1) is 0 Å². The van der Waals surface area contributed by atoms with Crippen molar-refractivity contribution in [2.75, 3.05) is 0 Å². The smallest absolute Gasteiger partial charge is 0.124 e. The molecule has 0 bridgehead atoms. The lowest BCUT2D eigenvalue weighted by atomic mass is 9.98. The first-order valence-electron chi connectivity index (χ1n) is 6.91. The highest BCUT2D eigenvalue weighted by atomic mass is 19.1. The number of aromatic nitrogens is 1.